The Labute approximate surface area is 152 Å². The van der Waals surface area contributed by atoms with Gasteiger partial charge in [-0.25, -0.2) is 0 Å². The number of nitrogens with zero attached hydrogens (tertiary/aromatic N) is 3. The summed E-state index contributed by atoms with van der Waals surface area (Å²) in [6.45, 7) is 7.23. The highest BCUT2D eigenvalue weighted by molar-refractivity contribution is 7.10. The van der Waals surface area contributed by atoms with Gasteiger partial charge in [0.05, 0.1) is 24.5 Å². The first-order chi connectivity index (χ1) is 12.0. The summed E-state index contributed by atoms with van der Waals surface area (Å²) in [5.74, 6) is 0.263. The molecule has 1 atom stereocenters. The molecule has 1 aliphatic heterocycles. The molecule has 0 spiro atoms. The monoisotopic (exact) mass is 357 g/mol. The summed E-state index contributed by atoms with van der Waals surface area (Å²) in [7, 11) is 0. The Morgan fingerprint density at radius 1 is 1.36 bits per heavy atom. The Bertz CT molecular complexity index is 755. The highest BCUT2D eigenvalue weighted by Gasteiger charge is 2.33. The third-order valence-corrected chi connectivity index (χ3v) is 5.33. The first-order valence-electron chi connectivity index (χ1n) is 8.49. The zero-order chi connectivity index (χ0) is 17.8. The van der Waals surface area contributed by atoms with Gasteiger partial charge >= 0.3 is 0 Å². The van der Waals surface area contributed by atoms with E-state index in [1.54, 1.807) is 17.5 Å². The second-order valence-electron chi connectivity index (χ2n) is 6.58. The van der Waals surface area contributed by atoms with E-state index in [9.17, 15) is 4.79 Å². The van der Waals surface area contributed by atoms with Gasteiger partial charge in [-0.2, -0.15) is 0 Å². The van der Waals surface area contributed by atoms with Crippen molar-refractivity contribution >= 4 is 23.0 Å². The fourth-order valence-corrected chi connectivity index (χ4v) is 3.63. The summed E-state index contributed by atoms with van der Waals surface area (Å²) in [4.78, 5) is 25.9. The molecule has 0 saturated carbocycles. The molecule has 132 valence electrons. The van der Waals surface area contributed by atoms with Gasteiger partial charge in [-0.05, 0) is 42.0 Å². The second kappa shape index (κ2) is 7.78. The van der Waals surface area contributed by atoms with Crippen LogP contribution in [-0.4, -0.2) is 27.6 Å². The Morgan fingerprint density at radius 3 is 2.80 bits per heavy atom. The van der Waals surface area contributed by atoms with Crippen LogP contribution < -0.4 is 0 Å². The molecule has 0 N–H and O–H groups in total. The molecule has 1 amide bonds. The zero-order valence-electron chi connectivity index (χ0n) is 14.8. The molecule has 1 aliphatic rings. The average molecular weight is 357 g/mol. The first-order valence-corrected chi connectivity index (χ1v) is 9.36. The molecular weight excluding hydrogens is 334 g/mol. The number of hydrogen-bond donors (Lipinski definition) is 0. The van der Waals surface area contributed by atoms with E-state index in [1.807, 2.05) is 23.1 Å². The number of amides is 1. The Hall–Kier alpha value is -2.21. The summed E-state index contributed by atoms with van der Waals surface area (Å²) in [5.41, 5.74) is 3.02. The zero-order valence-corrected chi connectivity index (χ0v) is 15.6. The lowest BCUT2D eigenvalue weighted by molar-refractivity contribution is -0.143. The van der Waals surface area contributed by atoms with E-state index in [1.165, 1.54) is 10.4 Å². The number of aromatic nitrogens is 1. The smallest absolute Gasteiger partial charge is 0.267 e. The third kappa shape index (κ3) is 4.25. The van der Waals surface area contributed by atoms with Crippen LogP contribution in [0.2, 0.25) is 0 Å². The van der Waals surface area contributed by atoms with Crippen LogP contribution in [0.25, 0.3) is 0 Å². The molecule has 6 heteroatoms. The van der Waals surface area contributed by atoms with E-state index in [2.05, 4.69) is 42.4 Å². The lowest BCUT2D eigenvalue weighted by Gasteiger charge is -2.24. The van der Waals surface area contributed by atoms with Gasteiger partial charge in [0.2, 0.25) is 6.10 Å². The molecule has 5 nitrogen and oxygen atoms in total. The van der Waals surface area contributed by atoms with E-state index in [4.69, 9.17) is 4.84 Å². The lowest BCUT2D eigenvalue weighted by atomic mass is 10.0. The van der Waals surface area contributed by atoms with E-state index in [0.29, 0.717) is 25.4 Å². The van der Waals surface area contributed by atoms with Crippen molar-refractivity contribution in [2.24, 2.45) is 11.1 Å². The molecule has 0 radical (unpaired) electrons. The first kappa shape index (κ1) is 17.6. The summed E-state index contributed by atoms with van der Waals surface area (Å²) in [5, 5.41) is 6.15. The van der Waals surface area contributed by atoms with Crippen LogP contribution in [-0.2, 0) is 22.7 Å². The number of rotatable bonds is 6. The molecule has 0 saturated heterocycles. The molecular formula is C19H23N3O2S. The standard InChI is InChI=1S/C19H23N3O2S/c1-13(2)16-10-17(24-21-16)19(23)22(11-15-6-4-5-8-20-15)12-18-14(3)7-9-25-18/h4-9,13,17H,10-12H2,1-3H3. The van der Waals surface area contributed by atoms with Crippen molar-refractivity contribution in [3.63, 3.8) is 0 Å². The van der Waals surface area contributed by atoms with Crippen molar-refractivity contribution in [3.8, 4) is 0 Å². The normalized spacial score (nSPS) is 16.6. The molecule has 3 heterocycles. The fraction of sp³-hybridized carbons (Fsp3) is 0.421. The Kier molecular flexibility index (Phi) is 5.48. The largest absolute Gasteiger partial charge is 0.382 e. The molecule has 25 heavy (non-hydrogen) atoms. The van der Waals surface area contributed by atoms with Crippen molar-refractivity contribution in [2.45, 2.75) is 46.4 Å². The molecule has 2 aromatic heterocycles. The van der Waals surface area contributed by atoms with Crippen molar-refractivity contribution in [1.29, 1.82) is 0 Å². The van der Waals surface area contributed by atoms with E-state index in [0.717, 1.165) is 11.4 Å². The molecule has 0 aromatic carbocycles. The van der Waals surface area contributed by atoms with Gasteiger partial charge < -0.3 is 9.74 Å². The van der Waals surface area contributed by atoms with Crippen LogP contribution >= 0.6 is 11.3 Å². The van der Waals surface area contributed by atoms with Crippen LogP contribution in [0.1, 0.15) is 36.4 Å². The van der Waals surface area contributed by atoms with Crippen LogP contribution in [0, 0.1) is 12.8 Å². The number of carbonyl (C=O) groups is 1. The van der Waals surface area contributed by atoms with Gasteiger partial charge in [-0.1, -0.05) is 25.1 Å². The van der Waals surface area contributed by atoms with Crippen LogP contribution in [0.5, 0.6) is 0 Å². The summed E-state index contributed by atoms with van der Waals surface area (Å²) in [6, 6.07) is 7.83. The third-order valence-electron chi connectivity index (χ3n) is 4.33. The number of aryl methyl sites for hydroxylation is 1. The maximum Gasteiger partial charge on any atom is 0.267 e. The number of hydrogen-bond acceptors (Lipinski definition) is 5. The van der Waals surface area contributed by atoms with Gasteiger partial charge in [-0.15, -0.1) is 11.3 Å². The number of thiophene rings is 1. The maximum atomic E-state index is 13.1. The maximum absolute atomic E-state index is 13.1. The lowest BCUT2D eigenvalue weighted by Crippen LogP contribution is -2.38. The molecule has 3 rings (SSSR count). The van der Waals surface area contributed by atoms with Crippen molar-refractivity contribution < 1.29 is 9.63 Å². The number of oxime groups is 1. The highest BCUT2D eigenvalue weighted by Crippen LogP contribution is 2.23. The van der Waals surface area contributed by atoms with Gasteiger partial charge in [0.15, 0.2) is 0 Å². The Balaban J connectivity index is 1.76. The van der Waals surface area contributed by atoms with Crippen molar-refractivity contribution in [2.75, 3.05) is 0 Å². The molecule has 2 aromatic rings. The van der Waals surface area contributed by atoms with Gasteiger partial charge in [0.1, 0.15) is 0 Å². The van der Waals surface area contributed by atoms with Gasteiger partial charge in [0, 0.05) is 17.5 Å². The van der Waals surface area contributed by atoms with E-state index < -0.39 is 6.10 Å². The predicted octanol–water partition coefficient (Wildman–Crippen LogP) is 3.78. The molecule has 0 aliphatic carbocycles. The van der Waals surface area contributed by atoms with Crippen molar-refractivity contribution in [3.05, 3.63) is 52.0 Å². The summed E-state index contributed by atoms with van der Waals surface area (Å²) in [6.07, 6.45) is 1.79. The van der Waals surface area contributed by atoms with Crippen LogP contribution in [0.3, 0.4) is 0 Å². The SMILES string of the molecule is Cc1ccsc1CN(Cc1ccccn1)C(=O)C1CC(C(C)C)=NO1. The fourth-order valence-electron chi connectivity index (χ4n) is 2.71. The van der Waals surface area contributed by atoms with Crippen LogP contribution in [0.4, 0.5) is 0 Å². The van der Waals surface area contributed by atoms with Crippen LogP contribution in [0.15, 0.2) is 41.0 Å². The molecule has 0 fully saturated rings. The second-order valence-corrected chi connectivity index (χ2v) is 7.58. The predicted molar refractivity (Wildman–Crippen MR) is 99.3 cm³/mol. The van der Waals surface area contributed by atoms with E-state index >= 15 is 0 Å². The van der Waals surface area contributed by atoms with E-state index in [-0.39, 0.29) is 5.91 Å². The Morgan fingerprint density at radius 2 is 2.20 bits per heavy atom. The minimum Gasteiger partial charge on any atom is -0.382 e. The molecule has 0 bridgehead atoms. The topological polar surface area (TPSA) is 54.8 Å². The van der Waals surface area contributed by atoms with Crippen molar-refractivity contribution in [1.82, 2.24) is 9.88 Å². The molecule has 1 unspecified atom stereocenters. The van der Waals surface area contributed by atoms with Gasteiger partial charge in [0.25, 0.3) is 5.91 Å². The minimum atomic E-state index is -0.526. The quantitative estimate of drug-likeness (QED) is 0.790. The summed E-state index contributed by atoms with van der Waals surface area (Å²) >= 11 is 1.67. The van der Waals surface area contributed by atoms with Gasteiger partial charge in [-0.3, -0.25) is 9.78 Å². The number of pyridine rings is 1. The minimum absolute atomic E-state index is 0.0298. The number of carbonyl (C=O) groups excluding carboxylic acids is 1. The average Bonchev–Trinajstić information content (AvgIpc) is 3.24. The summed E-state index contributed by atoms with van der Waals surface area (Å²) < 4.78 is 0. The highest BCUT2D eigenvalue weighted by atomic mass is 32.1.